The largest absolute Gasteiger partial charge is 0.335 e. The summed E-state index contributed by atoms with van der Waals surface area (Å²) in [4.78, 5) is 5.62. The molecule has 62 heavy (non-hydrogen) atoms. The fraction of sp³-hybridized carbons (Fsp3) is 0.345. The Balaban J connectivity index is 1.32. The van der Waals surface area contributed by atoms with Crippen molar-refractivity contribution in [3.63, 3.8) is 0 Å². The summed E-state index contributed by atoms with van der Waals surface area (Å²) < 4.78 is 2.83. The van der Waals surface area contributed by atoms with E-state index in [2.05, 4.69) is 207 Å². The first-order chi connectivity index (χ1) is 29.4. The summed E-state index contributed by atoms with van der Waals surface area (Å²) in [6.45, 7) is 26.6. The van der Waals surface area contributed by atoms with Crippen LogP contribution in [0.5, 0.6) is 0 Å². The molecule has 4 heterocycles. The van der Waals surface area contributed by atoms with E-state index in [1.807, 2.05) is 11.3 Å². The van der Waals surface area contributed by atoms with E-state index < -0.39 is 0 Å². The third-order valence-corrected chi connectivity index (χ3v) is 16.9. The van der Waals surface area contributed by atoms with Gasteiger partial charge in [-0.25, -0.2) is 0 Å². The SMILES string of the molecule is CC(C)(C)c1ccc(N2c3cc(-c4ccccc4)cc4c3B(c3cc(C(C)(C)C)cc5c3N4C3(C)CCCCC53C)c3sc4cc(C(C)(C)C)ccc4c32)c(-c2ccccc2)c1. The van der Waals surface area contributed by atoms with Crippen LogP contribution in [-0.4, -0.2) is 12.3 Å². The molecule has 7 aromatic rings. The van der Waals surface area contributed by atoms with Crippen LogP contribution >= 0.6 is 11.3 Å². The molecule has 0 N–H and O–H groups in total. The molecule has 1 aliphatic carbocycles. The summed E-state index contributed by atoms with van der Waals surface area (Å²) in [6, 6.07) is 47.5. The first kappa shape index (κ1) is 39.8. The van der Waals surface area contributed by atoms with Gasteiger partial charge in [-0.3, -0.25) is 0 Å². The van der Waals surface area contributed by atoms with Crippen molar-refractivity contribution < 1.29 is 0 Å². The fourth-order valence-electron chi connectivity index (χ4n) is 11.8. The Bertz CT molecular complexity index is 2960. The Morgan fingerprint density at radius 3 is 1.84 bits per heavy atom. The van der Waals surface area contributed by atoms with Crippen molar-refractivity contribution in [1.29, 1.82) is 0 Å². The number of nitrogens with zero attached hydrogens (tertiary/aromatic N) is 2. The number of thiophene rings is 1. The minimum atomic E-state index is -0.0661. The van der Waals surface area contributed by atoms with Crippen molar-refractivity contribution in [2.75, 3.05) is 9.80 Å². The third-order valence-electron chi connectivity index (χ3n) is 15.7. The fourth-order valence-corrected chi connectivity index (χ4v) is 13.2. The minimum absolute atomic E-state index is 0.00490. The molecule has 4 aliphatic rings. The van der Waals surface area contributed by atoms with Crippen LogP contribution in [0, 0.1) is 0 Å². The molecule has 0 spiro atoms. The molecule has 2 unspecified atom stereocenters. The van der Waals surface area contributed by atoms with Gasteiger partial charge in [0, 0.05) is 42.9 Å². The number of hydrogen-bond donors (Lipinski definition) is 0. The monoisotopic (exact) mass is 828 g/mol. The van der Waals surface area contributed by atoms with Gasteiger partial charge in [0.1, 0.15) is 0 Å². The average Bonchev–Trinajstić information content (AvgIpc) is 3.72. The molecule has 0 radical (unpaired) electrons. The van der Waals surface area contributed by atoms with Gasteiger partial charge in [0.2, 0.25) is 0 Å². The van der Waals surface area contributed by atoms with Gasteiger partial charge in [-0.05, 0) is 116 Å². The summed E-state index contributed by atoms with van der Waals surface area (Å²) in [7, 11) is 0. The zero-order valence-electron chi connectivity index (χ0n) is 38.8. The molecular formula is C58H61BN2S. The van der Waals surface area contributed by atoms with E-state index in [9.17, 15) is 0 Å². The lowest BCUT2D eigenvalue weighted by Crippen LogP contribution is -2.64. The van der Waals surface area contributed by atoms with Crippen molar-refractivity contribution in [2.45, 2.75) is 129 Å². The Kier molecular flexibility index (Phi) is 8.49. The van der Waals surface area contributed by atoms with Crippen LogP contribution in [0.1, 0.15) is 124 Å². The number of rotatable bonds is 3. The van der Waals surface area contributed by atoms with E-state index in [0.29, 0.717) is 0 Å². The maximum atomic E-state index is 2.90. The van der Waals surface area contributed by atoms with Crippen molar-refractivity contribution in [2.24, 2.45) is 0 Å². The second-order valence-corrected chi connectivity index (χ2v) is 23.6. The van der Waals surface area contributed by atoms with Crippen LogP contribution in [0.2, 0.25) is 0 Å². The molecule has 0 amide bonds. The molecule has 0 bridgehead atoms. The van der Waals surface area contributed by atoms with Gasteiger partial charge in [0.15, 0.2) is 0 Å². The number of hydrogen-bond acceptors (Lipinski definition) is 3. The predicted molar refractivity (Wildman–Crippen MR) is 271 cm³/mol. The van der Waals surface area contributed by atoms with Gasteiger partial charge >= 0.3 is 0 Å². The average molecular weight is 829 g/mol. The molecule has 0 saturated heterocycles. The van der Waals surface area contributed by atoms with Crippen molar-refractivity contribution in [3.8, 4) is 22.3 Å². The van der Waals surface area contributed by atoms with E-state index in [0.717, 1.165) is 0 Å². The van der Waals surface area contributed by atoms with Gasteiger partial charge in [0.05, 0.1) is 16.9 Å². The third kappa shape index (κ3) is 5.60. The number of anilines is 5. The second-order valence-electron chi connectivity index (χ2n) is 22.5. The Morgan fingerprint density at radius 1 is 0.548 bits per heavy atom. The van der Waals surface area contributed by atoms with Crippen LogP contribution in [0.4, 0.5) is 28.4 Å². The molecular weight excluding hydrogens is 768 g/mol. The van der Waals surface area contributed by atoms with E-state index in [-0.39, 0.29) is 33.9 Å². The van der Waals surface area contributed by atoms with Crippen LogP contribution < -0.4 is 25.5 Å². The first-order valence-corrected chi connectivity index (χ1v) is 24.0. The molecule has 3 aliphatic heterocycles. The Hall–Kier alpha value is -5.06. The summed E-state index contributed by atoms with van der Waals surface area (Å²) in [5, 5.41) is 1.34. The van der Waals surface area contributed by atoms with Gasteiger partial charge in [-0.15, -0.1) is 11.3 Å². The normalized spacial score (nSPS) is 20.3. The molecule has 1 saturated carbocycles. The highest BCUT2D eigenvalue weighted by Crippen LogP contribution is 2.63. The maximum Gasteiger partial charge on any atom is 0.264 e. The lowest BCUT2D eigenvalue weighted by atomic mass is 9.36. The van der Waals surface area contributed by atoms with E-state index in [1.54, 1.807) is 5.56 Å². The topological polar surface area (TPSA) is 6.48 Å². The van der Waals surface area contributed by atoms with Crippen LogP contribution in [0.25, 0.3) is 32.3 Å². The highest BCUT2D eigenvalue weighted by molar-refractivity contribution is 7.33. The van der Waals surface area contributed by atoms with Crippen molar-refractivity contribution in [1.82, 2.24) is 0 Å². The maximum absolute atomic E-state index is 2.90. The molecule has 312 valence electrons. The molecule has 6 aromatic carbocycles. The van der Waals surface area contributed by atoms with E-state index in [1.165, 1.54) is 119 Å². The van der Waals surface area contributed by atoms with Crippen LogP contribution in [0.3, 0.4) is 0 Å². The van der Waals surface area contributed by atoms with Gasteiger partial charge < -0.3 is 9.80 Å². The highest BCUT2D eigenvalue weighted by Gasteiger charge is 2.62. The standard InChI is InChI=1S/C58H61BN2S/c1-54(2,3)39-25-27-46(43(32-39)37-22-16-13-17-23-37)60-47-30-38(36-20-14-12-15-21-36)31-48-50(47)59(53-51(60)42-26-24-40(55(4,5)6)35-49(42)62-53)45-34-41(56(7,8)9)33-44-52(45)61(48)58(11)29-19-18-28-57(44,58)10/h12-17,20-27,30-35H,18-19,28-29H2,1-11H3. The van der Waals surface area contributed by atoms with E-state index >= 15 is 0 Å². The lowest BCUT2D eigenvalue weighted by Gasteiger charge is -2.52. The Morgan fingerprint density at radius 2 is 1.16 bits per heavy atom. The van der Waals surface area contributed by atoms with Gasteiger partial charge in [0.25, 0.3) is 6.71 Å². The highest BCUT2D eigenvalue weighted by atomic mass is 32.1. The molecule has 2 atom stereocenters. The zero-order chi connectivity index (χ0) is 43.3. The molecule has 1 aromatic heterocycles. The molecule has 11 rings (SSSR count). The number of fused-ring (bicyclic) bond motifs is 9. The summed E-state index contributed by atoms with van der Waals surface area (Å²) in [5.41, 5.74) is 20.5. The Labute approximate surface area is 375 Å². The van der Waals surface area contributed by atoms with Crippen LogP contribution in [0.15, 0.2) is 121 Å². The second kappa shape index (κ2) is 13.2. The predicted octanol–water partition coefficient (Wildman–Crippen LogP) is 14.5. The van der Waals surface area contributed by atoms with Crippen LogP contribution in [-0.2, 0) is 21.7 Å². The van der Waals surface area contributed by atoms with E-state index in [4.69, 9.17) is 0 Å². The molecule has 4 heteroatoms. The summed E-state index contributed by atoms with van der Waals surface area (Å²) >= 11 is 2.04. The van der Waals surface area contributed by atoms with Gasteiger partial charge in [-0.1, -0.05) is 173 Å². The smallest absolute Gasteiger partial charge is 0.264 e. The quantitative estimate of drug-likeness (QED) is 0.164. The minimum Gasteiger partial charge on any atom is -0.335 e. The zero-order valence-corrected chi connectivity index (χ0v) is 39.6. The molecule has 2 nitrogen and oxygen atoms in total. The molecule has 1 fully saturated rings. The van der Waals surface area contributed by atoms with Gasteiger partial charge in [-0.2, -0.15) is 0 Å². The summed E-state index contributed by atoms with van der Waals surface area (Å²) in [6.07, 6.45) is 4.92. The van der Waals surface area contributed by atoms with Crippen molar-refractivity contribution >= 4 is 72.3 Å². The van der Waals surface area contributed by atoms with Crippen molar-refractivity contribution in [3.05, 3.63) is 144 Å². The summed E-state index contributed by atoms with van der Waals surface area (Å²) in [5.74, 6) is 0. The lowest BCUT2D eigenvalue weighted by molar-refractivity contribution is 0.195. The first-order valence-electron chi connectivity index (χ1n) is 23.2. The number of benzene rings is 6.